The van der Waals surface area contributed by atoms with Crippen molar-refractivity contribution >= 4 is 86.7 Å². The lowest BCUT2D eigenvalue weighted by Gasteiger charge is -2.27. The maximum Gasteiger partial charge on any atom is 0.294 e. The molecule has 0 saturated carbocycles. The van der Waals surface area contributed by atoms with E-state index in [9.17, 15) is 39.2 Å². The van der Waals surface area contributed by atoms with E-state index in [1.54, 1.807) is 25.1 Å². The molecule has 0 bridgehead atoms. The first kappa shape index (κ1) is 53.1. The highest BCUT2D eigenvalue weighted by Gasteiger charge is 2.46. The number of hydrogen-bond acceptors (Lipinski definition) is 12. The van der Waals surface area contributed by atoms with Crippen LogP contribution in [0.1, 0.15) is 90.8 Å². The Labute approximate surface area is 404 Å². The van der Waals surface area contributed by atoms with Gasteiger partial charge in [0.05, 0.1) is 21.0 Å². The summed E-state index contributed by atoms with van der Waals surface area (Å²) in [7, 11) is -11.2. The van der Waals surface area contributed by atoms with E-state index in [2.05, 4.69) is 28.1 Å². The summed E-state index contributed by atoms with van der Waals surface area (Å²) >= 11 is 0.950. The number of anilines is 1. The molecule has 368 valence electrons. The Balaban J connectivity index is 1.37. The predicted molar refractivity (Wildman–Crippen MR) is 268 cm³/mol. The first-order valence-electron chi connectivity index (χ1n) is 22.3. The lowest BCUT2D eigenvalue weighted by Crippen LogP contribution is -2.29. The second kappa shape index (κ2) is 20.2. The highest BCUT2D eigenvalue weighted by atomic mass is 32.2. The van der Waals surface area contributed by atoms with Gasteiger partial charge in [0.1, 0.15) is 12.3 Å². The molecule has 15 nitrogen and oxygen atoms in total. The Morgan fingerprint density at radius 2 is 1.56 bits per heavy atom. The zero-order valence-electron chi connectivity index (χ0n) is 39.9. The summed E-state index contributed by atoms with van der Waals surface area (Å²) in [5.74, 6) is 0.0978. The van der Waals surface area contributed by atoms with E-state index in [0.29, 0.717) is 41.5 Å². The molecule has 0 fully saturated rings. The molecule has 19 heteroatoms. The minimum absolute atomic E-state index is 0.0608. The van der Waals surface area contributed by atoms with Crippen LogP contribution in [0, 0.1) is 12.3 Å². The Hall–Kier alpha value is -4.28. The molecular formula is C49H62N3O12S4+. The fourth-order valence-electron chi connectivity index (χ4n) is 9.53. The lowest BCUT2D eigenvalue weighted by atomic mass is 9.79. The maximum absolute atomic E-state index is 14.1. The Morgan fingerprint density at radius 1 is 0.853 bits per heavy atom. The molecule has 0 aliphatic carbocycles. The molecule has 0 radical (unpaired) electrons. The minimum Gasteiger partial charge on any atom is -0.344 e. The quantitative estimate of drug-likeness (QED) is 0.0143. The van der Waals surface area contributed by atoms with Crippen molar-refractivity contribution in [1.82, 2.24) is 4.31 Å². The monoisotopic (exact) mass is 1010 g/mol. The molecular weight excluding hydrogens is 951 g/mol. The Morgan fingerprint density at radius 3 is 2.22 bits per heavy atom. The number of fused-ring (bicyclic) bond motifs is 6. The van der Waals surface area contributed by atoms with Crippen LogP contribution >= 0.6 is 12.0 Å². The van der Waals surface area contributed by atoms with Crippen molar-refractivity contribution in [3.8, 4) is 0 Å². The average Bonchev–Trinajstić information content (AvgIpc) is 3.59. The van der Waals surface area contributed by atoms with Crippen molar-refractivity contribution in [2.24, 2.45) is 5.41 Å². The first-order chi connectivity index (χ1) is 31.6. The minimum atomic E-state index is -4.50. The molecule has 0 amide bonds. The summed E-state index contributed by atoms with van der Waals surface area (Å²) in [6.45, 7) is 16.5. The third-order valence-electron chi connectivity index (χ3n) is 12.9. The van der Waals surface area contributed by atoms with Crippen LogP contribution in [-0.4, -0.2) is 98.2 Å². The normalized spacial score (nSPS) is 17.0. The second-order valence-corrected chi connectivity index (χ2v) is 25.2. The van der Waals surface area contributed by atoms with E-state index in [-0.39, 0.29) is 41.5 Å². The van der Waals surface area contributed by atoms with Gasteiger partial charge < -0.3 is 4.90 Å². The van der Waals surface area contributed by atoms with Gasteiger partial charge >= 0.3 is 0 Å². The number of allylic oxidation sites excluding steroid dienone is 6. The number of rotatable bonds is 20. The van der Waals surface area contributed by atoms with Crippen molar-refractivity contribution in [2.75, 3.05) is 43.1 Å². The van der Waals surface area contributed by atoms with Gasteiger partial charge in [-0.25, -0.2) is 18.0 Å². The Bertz CT molecular complexity index is 3100. The van der Waals surface area contributed by atoms with Gasteiger partial charge in [0.15, 0.2) is 5.71 Å². The number of sulfonamides is 1. The zero-order chi connectivity index (χ0) is 50.2. The molecule has 2 aliphatic rings. The predicted octanol–water partition coefficient (Wildman–Crippen LogP) is 9.47. The zero-order valence-corrected chi connectivity index (χ0v) is 43.2. The van der Waals surface area contributed by atoms with Gasteiger partial charge in [0.25, 0.3) is 20.2 Å². The second-order valence-electron chi connectivity index (χ2n) is 19.4. The number of benzene rings is 4. The van der Waals surface area contributed by atoms with Crippen LogP contribution < -0.4 is 4.90 Å². The van der Waals surface area contributed by atoms with Gasteiger partial charge in [-0.2, -0.15) is 21.4 Å². The van der Waals surface area contributed by atoms with Crippen LogP contribution in [0.4, 0.5) is 11.4 Å². The molecule has 4 aromatic rings. The number of carbonyl (C=O) groups excluding carboxylic acids is 1. The molecule has 0 spiro atoms. The van der Waals surface area contributed by atoms with Gasteiger partial charge in [-0.05, 0) is 97.3 Å². The molecule has 0 atom stereocenters. The third-order valence-corrected chi connectivity index (χ3v) is 17.1. The third kappa shape index (κ3) is 11.0. The van der Waals surface area contributed by atoms with Crippen molar-refractivity contribution in [1.29, 1.82) is 0 Å². The van der Waals surface area contributed by atoms with Gasteiger partial charge in [0.2, 0.25) is 15.7 Å². The van der Waals surface area contributed by atoms with Crippen molar-refractivity contribution in [3.05, 3.63) is 107 Å². The fourth-order valence-corrected chi connectivity index (χ4v) is 12.4. The molecule has 4 aromatic carbocycles. The molecule has 0 aromatic heterocycles. The van der Waals surface area contributed by atoms with E-state index in [1.807, 2.05) is 93.8 Å². The highest BCUT2D eigenvalue weighted by molar-refractivity contribution is 7.94. The van der Waals surface area contributed by atoms with Crippen LogP contribution in [0.3, 0.4) is 0 Å². The summed E-state index contributed by atoms with van der Waals surface area (Å²) in [5.41, 5.74) is 3.96. The average molecular weight is 1010 g/mol. The van der Waals surface area contributed by atoms with Gasteiger partial charge in [-0.1, -0.05) is 76.1 Å². The molecule has 2 aliphatic heterocycles. The van der Waals surface area contributed by atoms with E-state index in [1.165, 1.54) is 23.5 Å². The van der Waals surface area contributed by atoms with Gasteiger partial charge in [-0.15, -0.1) is 4.33 Å². The smallest absolute Gasteiger partial charge is 0.294 e. The number of ketones is 1. The van der Waals surface area contributed by atoms with Gasteiger partial charge in [0, 0.05) is 96.1 Å². The van der Waals surface area contributed by atoms with E-state index >= 15 is 0 Å². The highest BCUT2D eigenvalue weighted by Crippen LogP contribution is 2.52. The molecule has 6 rings (SSSR count). The van der Waals surface area contributed by atoms with Crippen LogP contribution in [-0.2, 0) is 55.3 Å². The molecule has 0 unspecified atom stereocenters. The van der Waals surface area contributed by atoms with Crippen LogP contribution in [0.5, 0.6) is 0 Å². The maximum atomic E-state index is 14.1. The van der Waals surface area contributed by atoms with Crippen molar-refractivity contribution in [2.45, 2.75) is 102 Å². The summed E-state index contributed by atoms with van der Waals surface area (Å²) in [6, 6.07) is 15.8. The lowest BCUT2D eigenvalue weighted by molar-refractivity contribution is -0.437. The summed E-state index contributed by atoms with van der Waals surface area (Å²) in [6.07, 6.45) is 11.0. The molecule has 0 saturated heterocycles. The van der Waals surface area contributed by atoms with E-state index < -0.39 is 52.3 Å². The summed E-state index contributed by atoms with van der Waals surface area (Å²) in [5, 5.41) is 15.2. The number of carbonyl (C=O) groups is 1. The number of nitrogens with zero attached hydrogens (tertiary/aromatic N) is 3. The topological polar surface area (TPSA) is 208 Å². The van der Waals surface area contributed by atoms with Gasteiger partial charge in [-0.3, -0.25) is 13.9 Å². The van der Waals surface area contributed by atoms with Crippen LogP contribution in [0.2, 0.25) is 0 Å². The Kier molecular flexibility index (Phi) is 15.8. The number of aryl methyl sites for hydroxylation is 1. The standard InChI is InChI=1S/C49H61N3O12S4/c1-33-31-34(68(60,61)62)32-38-35(33)22-24-40-46(38)49(7,8)43(51(40)27-15-29-65-64-63-54)20-12-10-11-19-42-48(5,6)45-37-17-13-18-41(67(58,59)50(9)26-14-21-44(53)47(2,3)4)36(37)23-25-39(45)52(42)28-16-30-66(55,56)57/h10-13,17-20,22-25,31-32H,14-16,21,26-30H2,1-9H3,(H2-,54,55,56,57,60,61,62)/p+1. The molecule has 3 N–H and O–H groups in total. The van der Waals surface area contributed by atoms with Crippen LogP contribution in [0.25, 0.3) is 21.5 Å². The van der Waals surface area contributed by atoms with E-state index in [4.69, 9.17) is 5.26 Å². The SMILES string of the molecule is Cc1cc(S(=O)(=O)O)cc2c3c(ccc12)N(CCCSOOO)/C(=C/C=C/C=C/C1=[N+](CCCS(=O)(=O)O)c2ccc4c(S(=O)(=O)N(C)CCCC(=O)C(C)(C)C)cccc4c2C1(C)C)C3(C)C. The number of hydrogen-bond donors (Lipinski definition) is 3. The first-order valence-corrected chi connectivity index (χ1v) is 27.7. The summed E-state index contributed by atoms with van der Waals surface area (Å²) in [4.78, 5) is 14.7. The van der Waals surface area contributed by atoms with E-state index in [0.717, 1.165) is 56.7 Å². The number of Topliss-reactive ketones (excluding diaryl/α,β-unsaturated/α-hetero) is 1. The largest absolute Gasteiger partial charge is 0.344 e. The van der Waals surface area contributed by atoms with Crippen molar-refractivity contribution < 1.29 is 58.4 Å². The van der Waals surface area contributed by atoms with Crippen LogP contribution in [0.15, 0.2) is 100 Å². The molecule has 2 heterocycles. The fraction of sp³-hybridized carbons (Fsp3) is 0.429. The molecule has 68 heavy (non-hydrogen) atoms. The van der Waals surface area contributed by atoms with Crippen molar-refractivity contribution in [3.63, 3.8) is 0 Å². The summed E-state index contributed by atoms with van der Waals surface area (Å²) < 4.78 is 104.